The first-order valence-electron chi connectivity index (χ1n) is 10.3. The third kappa shape index (κ3) is 4.76. The van der Waals surface area contributed by atoms with Gasteiger partial charge in [-0.25, -0.2) is 0 Å². The van der Waals surface area contributed by atoms with Crippen molar-refractivity contribution in [2.75, 3.05) is 19.6 Å². The Morgan fingerprint density at radius 1 is 1.18 bits per heavy atom. The number of carbonyl (C=O) groups is 1. The van der Waals surface area contributed by atoms with E-state index in [1.807, 2.05) is 29.2 Å². The summed E-state index contributed by atoms with van der Waals surface area (Å²) < 4.78 is 0. The van der Waals surface area contributed by atoms with Gasteiger partial charge in [0.05, 0.1) is 6.54 Å². The lowest BCUT2D eigenvalue weighted by Gasteiger charge is -2.41. The second-order valence-electron chi connectivity index (χ2n) is 8.11. The maximum atomic E-state index is 12.7. The minimum atomic E-state index is 0.0918. The Balaban J connectivity index is 1.55. The maximum Gasteiger partial charge on any atom is 0.236 e. The average Bonchev–Trinajstić information content (AvgIpc) is 2.72. The summed E-state index contributed by atoms with van der Waals surface area (Å²) in [6.45, 7) is 8.63. The van der Waals surface area contributed by atoms with Gasteiger partial charge < -0.3 is 10.2 Å². The molecule has 3 nitrogen and oxygen atoms in total. The van der Waals surface area contributed by atoms with Crippen molar-refractivity contribution in [1.29, 1.82) is 0 Å². The predicted octanol–water partition coefficient (Wildman–Crippen LogP) is 5.13. The molecule has 1 heterocycles. The Labute approximate surface area is 174 Å². The van der Waals surface area contributed by atoms with E-state index < -0.39 is 0 Å². The first kappa shape index (κ1) is 20.9. The van der Waals surface area contributed by atoms with Gasteiger partial charge in [-0.1, -0.05) is 61.8 Å². The number of carbonyl (C=O) groups excluding carboxylic acids is 1. The van der Waals surface area contributed by atoms with Gasteiger partial charge in [0.2, 0.25) is 5.91 Å². The van der Waals surface area contributed by atoms with Gasteiger partial charge in [0, 0.05) is 24.2 Å². The number of nitrogens with one attached hydrogen (secondary N) is 1. The molecule has 0 bridgehead atoms. The zero-order valence-electron chi connectivity index (χ0n) is 17.2. The van der Waals surface area contributed by atoms with E-state index in [1.54, 1.807) is 0 Å². The smallest absolute Gasteiger partial charge is 0.236 e. The van der Waals surface area contributed by atoms with Gasteiger partial charge in [0.15, 0.2) is 0 Å². The molecule has 0 aliphatic carbocycles. The highest BCUT2D eigenvalue weighted by Crippen LogP contribution is 2.37. The van der Waals surface area contributed by atoms with Gasteiger partial charge in [-0.3, -0.25) is 4.79 Å². The molecular weight excluding hydrogens is 368 g/mol. The van der Waals surface area contributed by atoms with Crippen LogP contribution < -0.4 is 5.32 Å². The summed E-state index contributed by atoms with van der Waals surface area (Å²) in [6, 6.07) is 16.6. The standard InChI is InChI=1S/C24H31ClN2O/c1-4-19-8-5-6-11-22(19)24(3)12-14-27(15-13-24)23(28)17-26-18(2)20-9-7-10-21(25)16-20/h5-11,16,18,26H,4,12-15,17H2,1-3H3. The van der Waals surface area contributed by atoms with E-state index in [1.165, 1.54) is 11.1 Å². The summed E-state index contributed by atoms with van der Waals surface area (Å²) in [7, 11) is 0. The van der Waals surface area contributed by atoms with Gasteiger partial charge in [0.25, 0.3) is 0 Å². The van der Waals surface area contributed by atoms with Crippen LogP contribution in [0.5, 0.6) is 0 Å². The topological polar surface area (TPSA) is 32.3 Å². The molecule has 1 unspecified atom stereocenters. The third-order valence-electron chi connectivity index (χ3n) is 6.18. The molecule has 1 saturated heterocycles. The monoisotopic (exact) mass is 398 g/mol. The van der Waals surface area contributed by atoms with Crippen molar-refractivity contribution in [2.24, 2.45) is 0 Å². The molecule has 1 amide bonds. The molecule has 1 atom stereocenters. The zero-order chi connectivity index (χ0) is 20.1. The Kier molecular flexibility index (Phi) is 6.79. The number of rotatable bonds is 6. The van der Waals surface area contributed by atoms with E-state index in [0.29, 0.717) is 6.54 Å². The van der Waals surface area contributed by atoms with E-state index in [4.69, 9.17) is 11.6 Å². The highest BCUT2D eigenvalue weighted by atomic mass is 35.5. The van der Waals surface area contributed by atoms with Crippen LogP contribution in [0.25, 0.3) is 0 Å². The van der Waals surface area contributed by atoms with E-state index in [2.05, 4.69) is 50.4 Å². The highest BCUT2D eigenvalue weighted by Gasteiger charge is 2.34. The van der Waals surface area contributed by atoms with Crippen LogP contribution in [0.15, 0.2) is 48.5 Å². The molecular formula is C24H31ClN2O. The number of amides is 1. The molecule has 0 spiro atoms. The van der Waals surface area contributed by atoms with Gasteiger partial charge >= 0.3 is 0 Å². The molecule has 1 N–H and O–H groups in total. The van der Waals surface area contributed by atoms with Crippen LogP contribution in [0.3, 0.4) is 0 Å². The molecule has 2 aromatic rings. The second kappa shape index (κ2) is 9.11. The zero-order valence-corrected chi connectivity index (χ0v) is 17.9. The van der Waals surface area contributed by atoms with Crippen LogP contribution in [-0.4, -0.2) is 30.4 Å². The first-order chi connectivity index (χ1) is 13.4. The van der Waals surface area contributed by atoms with Crippen molar-refractivity contribution in [3.05, 3.63) is 70.2 Å². The minimum Gasteiger partial charge on any atom is -0.342 e. The molecule has 2 aromatic carbocycles. The van der Waals surface area contributed by atoms with Crippen LogP contribution in [0, 0.1) is 0 Å². The molecule has 4 heteroatoms. The Bertz CT molecular complexity index is 812. The predicted molar refractivity (Wildman–Crippen MR) is 117 cm³/mol. The molecule has 150 valence electrons. The number of piperidine rings is 1. The lowest BCUT2D eigenvalue weighted by atomic mass is 9.72. The maximum absolute atomic E-state index is 12.7. The number of nitrogens with zero attached hydrogens (tertiary/aromatic N) is 1. The van der Waals surface area contributed by atoms with Gasteiger partial charge in [-0.05, 0) is 60.4 Å². The van der Waals surface area contributed by atoms with Crippen molar-refractivity contribution in [3.8, 4) is 0 Å². The van der Waals surface area contributed by atoms with Crippen molar-refractivity contribution in [1.82, 2.24) is 10.2 Å². The van der Waals surface area contributed by atoms with Gasteiger partial charge in [-0.2, -0.15) is 0 Å². The summed E-state index contributed by atoms with van der Waals surface area (Å²) in [5.41, 5.74) is 4.15. The average molecular weight is 399 g/mol. The molecule has 3 rings (SSSR count). The molecule has 1 aliphatic rings. The third-order valence-corrected chi connectivity index (χ3v) is 6.41. The highest BCUT2D eigenvalue weighted by molar-refractivity contribution is 6.30. The number of aryl methyl sites for hydroxylation is 1. The summed E-state index contributed by atoms with van der Waals surface area (Å²) in [4.78, 5) is 14.7. The van der Waals surface area contributed by atoms with Crippen molar-refractivity contribution >= 4 is 17.5 Å². The van der Waals surface area contributed by atoms with Crippen molar-refractivity contribution < 1.29 is 4.79 Å². The summed E-state index contributed by atoms with van der Waals surface area (Å²) in [6.07, 6.45) is 3.08. The number of benzene rings is 2. The van der Waals surface area contributed by atoms with Gasteiger partial charge in [0.1, 0.15) is 0 Å². The Morgan fingerprint density at radius 3 is 2.57 bits per heavy atom. The minimum absolute atomic E-state index is 0.0918. The number of halogens is 1. The fourth-order valence-electron chi connectivity index (χ4n) is 4.18. The SMILES string of the molecule is CCc1ccccc1C1(C)CCN(C(=O)CNC(C)c2cccc(Cl)c2)CC1. The van der Waals surface area contributed by atoms with E-state index >= 15 is 0 Å². The first-order valence-corrected chi connectivity index (χ1v) is 10.7. The number of hydrogen-bond acceptors (Lipinski definition) is 2. The summed E-state index contributed by atoms with van der Waals surface area (Å²) in [5, 5.41) is 4.07. The molecule has 0 saturated carbocycles. The second-order valence-corrected chi connectivity index (χ2v) is 8.55. The van der Waals surface area contributed by atoms with Crippen LogP contribution in [0.1, 0.15) is 56.3 Å². The van der Waals surface area contributed by atoms with Crippen LogP contribution in [0.4, 0.5) is 0 Å². The van der Waals surface area contributed by atoms with E-state index in [0.717, 1.165) is 42.9 Å². The quantitative estimate of drug-likeness (QED) is 0.731. The van der Waals surface area contributed by atoms with E-state index in [-0.39, 0.29) is 17.4 Å². The van der Waals surface area contributed by atoms with Crippen LogP contribution >= 0.6 is 11.6 Å². The van der Waals surface area contributed by atoms with Crippen LogP contribution in [-0.2, 0) is 16.6 Å². The molecule has 1 fully saturated rings. The molecule has 0 radical (unpaired) electrons. The van der Waals surface area contributed by atoms with Crippen LogP contribution in [0.2, 0.25) is 5.02 Å². The Hall–Kier alpha value is -1.84. The lowest BCUT2D eigenvalue weighted by Crippen LogP contribution is -2.47. The fourth-order valence-corrected chi connectivity index (χ4v) is 4.38. The van der Waals surface area contributed by atoms with Crippen molar-refractivity contribution in [3.63, 3.8) is 0 Å². The normalized spacial score (nSPS) is 17.4. The molecule has 28 heavy (non-hydrogen) atoms. The van der Waals surface area contributed by atoms with Crippen molar-refractivity contribution in [2.45, 2.75) is 51.5 Å². The van der Waals surface area contributed by atoms with Gasteiger partial charge in [-0.15, -0.1) is 0 Å². The van der Waals surface area contributed by atoms with E-state index in [9.17, 15) is 4.79 Å². The molecule has 0 aromatic heterocycles. The lowest BCUT2D eigenvalue weighted by molar-refractivity contribution is -0.131. The number of likely N-dealkylation sites (tertiary alicyclic amines) is 1. The summed E-state index contributed by atoms with van der Waals surface area (Å²) >= 11 is 6.07. The molecule has 1 aliphatic heterocycles. The largest absolute Gasteiger partial charge is 0.342 e. The number of hydrogen-bond donors (Lipinski definition) is 1. The summed E-state index contributed by atoms with van der Waals surface area (Å²) in [5.74, 6) is 0.180. The fraction of sp³-hybridized carbons (Fsp3) is 0.458. The Morgan fingerprint density at radius 2 is 1.89 bits per heavy atom.